The molecule has 1 fully saturated rings. The second kappa shape index (κ2) is 7.75. The third kappa shape index (κ3) is 3.91. The first kappa shape index (κ1) is 19.3. The van der Waals surface area contributed by atoms with Crippen LogP contribution >= 0.6 is 11.3 Å². The summed E-state index contributed by atoms with van der Waals surface area (Å²) >= 11 is 1.33. The first-order valence-electron chi connectivity index (χ1n) is 9.37. The van der Waals surface area contributed by atoms with Crippen LogP contribution in [0, 0.1) is 12.8 Å². The predicted molar refractivity (Wildman–Crippen MR) is 108 cm³/mol. The zero-order valence-corrected chi connectivity index (χ0v) is 16.9. The summed E-state index contributed by atoms with van der Waals surface area (Å²) in [4.78, 5) is 43.4. The Morgan fingerprint density at radius 2 is 2.03 bits per heavy atom. The van der Waals surface area contributed by atoms with Crippen molar-refractivity contribution in [3.63, 3.8) is 0 Å². The van der Waals surface area contributed by atoms with Crippen LogP contribution in [-0.4, -0.2) is 33.0 Å². The van der Waals surface area contributed by atoms with Gasteiger partial charge in [-0.3, -0.25) is 14.4 Å². The number of fused-ring (bicyclic) bond motifs is 1. The number of ether oxygens (including phenoxy) is 1. The summed E-state index contributed by atoms with van der Waals surface area (Å²) in [6.45, 7) is 4.10. The van der Waals surface area contributed by atoms with Crippen LogP contribution in [0.15, 0.2) is 35.1 Å². The zero-order chi connectivity index (χ0) is 20.5. The van der Waals surface area contributed by atoms with Gasteiger partial charge in [0.1, 0.15) is 11.6 Å². The number of hydrogen-bond acceptors (Lipinski definition) is 7. The molecule has 3 aromatic rings. The zero-order valence-electron chi connectivity index (χ0n) is 16.1. The van der Waals surface area contributed by atoms with E-state index < -0.39 is 11.9 Å². The molecular weight excluding hydrogens is 392 g/mol. The number of anilines is 1. The van der Waals surface area contributed by atoms with E-state index in [-0.39, 0.29) is 31.0 Å². The van der Waals surface area contributed by atoms with E-state index in [0.717, 1.165) is 16.3 Å². The number of carbonyl (C=O) groups is 2. The summed E-state index contributed by atoms with van der Waals surface area (Å²) < 4.78 is 6.61. The molecule has 0 unspecified atom stereocenters. The number of rotatable bonds is 5. The van der Waals surface area contributed by atoms with Crippen molar-refractivity contribution < 1.29 is 14.3 Å². The van der Waals surface area contributed by atoms with E-state index >= 15 is 0 Å². The van der Waals surface area contributed by atoms with E-state index in [4.69, 9.17) is 4.74 Å². The molecule has 1 aliphatic heterocycles. The molecule has 1 amide bonds. The lowest BCUT2D eigenvalue weighted by molar-refractivity contribution is -0.149. The molecule has 0 radical (unpaired) electrons. The highest BCUT2D eigenvalue weighted by Crippen LogP contribution is 2.26. The Morgan fingerprint density at radius 1 is 1.28 bits per heavy atom. The minimum Gasteiger partial charge on any atom is -0.459 e. The standard InChI is InChI=1S/C20H20N4O4S/c1-3-16-22-24-18(26)9-14(21-20(24)29-16)11-28-19(27)13-8-17(25)23(10-13)15-6-4-12(2)5-7-15/h4-7,9,13H,3,8,10-11H2,1-2H3/t13-/m0/s1. The van der Waals surface area contributed by atoms with Crippen molar-refractivity contribution in [2.24, 2.45) is 5.92 Å². The Balaban J connectivity index is 1.42. The molecule has 1 saturated heterocycles. The molecule has 9 heteroatoms. The highest BCUT2D eigenvalue weighted by Gasteiger charge is 2.36. The summed E-state index contributed by atoms with van der Waals surface area (Å²) in [6, 6.07) is 8.91. The van der Waals surface area contributed by atoms with Crippen molar-refractivity contribution in [1.29, 1.82) is 0 Å². The molecule has 3 heterocycles. The van der Waals surface area contributed by atoms with Crippen LogP contribution in [0.4, 0.5) is 5.69 Å². The van der Waals surface area contributed by atoms with Crippen LogP contribution in [0.3, 0.4) is 0 Å². The normalized spacial score (nSPS) is 16.6. The molecule has 1 aliphatic rings. The van der Waals surface area contributed by atoms with Gasteiger partial charge in [0.15, 0.2) is 0 Å². The van der Waals surface area contributed by atoms with Gasteiger partial charge in [0.05, 0.1) is 11.6 Å². The molecule has 2 aromatic heterocycles. The lowest BCUT2D eigenvalue weighted by Crippen LogP contribution is -2.26. The van der Waals surface area contributed by atoms with E-state index in [1.165, 1.54) is 21.9 Å². The second-order valence-electron chi connectivity index (χ2n) is 6.98. The Hall–Kier alpha value is -3.07. The Labute approximate surface area is 170 Å². The highest BCUT2D eigenvalue weighted by atomic mass is 32.1. The molecule has 1 aromatic carbocycles. The van der Waals surface area contributed by atoms with Gasteiger partial charge < -0.3 is 9.64 Å². The Morgan fingerprint density at radius 3 is 2.76 bits per heavy atom. The van der Waals surface area contributed by atoms with Crippen molar-refractivity contribution in [2.45, 2.75) is 33.3 Å². The smallest absolute Gasteiger partial charge is 0.311 e. The minimum absolute atomic E-state index is 0.106. The number of amides is 1. The fourth-order valence-electron chi connectivity index (χ4n) is 3.22. The fourth-order valence-corrected chi connectivity index (χ4v) is 4.07. The number of benzene rings is 1. The molecule has 29 heavy (non-hydrogen) atoms. The van der Waals surface area contributed by atoms with E-state index in [9.17, 15) is 14.4 Å². The van der Waals surface area contributed by atoms with Gasteiger partial charge in [-0.05, 0) is 25.5 Å². The fraction of sp³-hybridized carbons (Fsp3) is 0.350. The van der Waals surface area contributed by atoms with Gasteiger partial charge in [-0.25, -0.2) is 4.98 Å². The van der Waals surface area contributed by atoms with Gasteiger partial charge >= 0.3 is 5.97 Å². The molecule has 0 bridgehead atoms. The third-order valence-electron chi connectivity index (χ3n) is 4.81. The quantitative estimate of drug-likeness (QED) is 0.596. The van der Waals surface area contributed by atoms with Crippen LogP contribution in [0.1, 0.15) is 29.6 Å². The molecule has 0 spiro atoms. The molecule has 1 atom stereocenters. The molecule has 8 nitrogen and oxygen atoms in total. The van der Waals surface area contributed by atoms with Gasteiger partial charge in [0.2, 0.25) is 10.9 Å². The lowest BCUT2D eigenvalue weighted by atomic mass is 10.1. The van der Waals surface area contributed by atoms with Crippen LogP contribution in [0.5, 0.6) is 0 Å². The molecule has 150 valence electrons. The molecule has 0 saturated carbocycles. The molecule has 4 rings (SSSR count). The van der Waals surface area contributed by atoms with E-state index in [2.05, 4.69) is 10.1 Å². The number of aryl methyl sites for hydroxylation is 2. The predicted octanol–water partition coefficient (Wildman–Crippen LogP) is 2.12. The van der Waals surface area contributed by atoms with E-state index in [1.807, 2.05) is 38.1 Å². The summed E-state index contributed by atoms with van der Waals surface area (Å²) in [7, 11) is 0. The van der Waals surface area contributed by atoms with Gasteiger partial charge in [-0.2, -0.15) is 9.61 Å². The maximum atomic E-state index is 12.5. The van der Waals surface area contributed by atoms with Crippen LogP contribution in [0.25, 0.3) is 4.96 Å². The highest BCUT2D eigenvalue weighted by molar-refractivity contribution is 7.16. The van der Waals surface area contributed by atoms with Gasteiger partial charge in [0, 0.05) is 24.7 Å². The minimum atomic E-state index is -0.538. The van der Waals surface area contributed by atoms with Gasteiger partial charge in [0.25, 0.3) is 5.56 Å². The number of nitrogens with zero attached hydrogens (tertiary/aromatic N) is 4. The SMILES string of the molecule is CCc1nn2c(=O)cc(COC(=O)[C@H]3CC(=O)N(c4ccc(C)cc4)C3)nc2s1. The Bertz CT molecular complexity index is 1140. The number of esters is 1. The topological polar surface area (TPSA) is 93.9 Å². The lowest BCUT2D eigenvalue weighted by Gasteiger charge is -2.16. The van der Waals surface area contributed by atoms with Crippen molar-refractivity contribution in [1.82, 2.24) is 14.6 Å². The maximum absolute atomic E-state index is 12.5. The van der Waals surface area contributed by atoms with Crippen LogP contribution < -0.4 is 10.5 Å². The van der Waals surface area contributed by atoms with E-state index in [1.54, 1.807) is 4.90 Å². The summed E-state index contributed by atoms with van der Waals surface area (Å²) in [6.07, 6.45) is 0.821. The second-order valence-corrected chi connectivity index (χ2v) is 8.02. The summed E-state index contributed by atoms with van der Waals surface area (Å²) in [5.41, 5.74) is 1.93. The molecule has 0 aliphatic carbocycles. The summed E-state index contributed by atoms with van der Waals surface area (Å²) in [5.74, 6) is -1.11. The summed E-state index contributed by atoms with van der Waals surface area (Å²) in [5, 5.41) is 5.00. The first-order chi connectivity index (χ1) is 13.9. The average Bonchev–Trinajstić information content (AvgIpc) is 3.30. The van der Waals surface area contributed by atoms with Crippen molar-refractivity contribution >= 4 is 33.9 Å². The number of aromatic nitrogens is 3. The van der Waals surface area contributed by atoms with Gasteiger partial charge in [-0.1, -0.05) is 36.0 Å². The van der Waals surface area contributed by atoms with Crippen LogP contribution in [-0.2, 0) is 27.4 Å². The average molecular weight is 412 g/mol. The van der Waals surface area contributed by atoms with Gasteiger partial charge in [-0.15, -0.1) is 0 Å². The Kier molecular flexibility index (Phi) is 5.14. The monoisotopic (exact) mass is 412 g/mol. The van der Waals surface area contributed by atoms with E-state index in [0.29, 0.717) is 17.1 Å². The number of hydrogen-bond donors (Lipinski definition) is 0. The largest absolute Gasteiger partial charge is 0.459 e. The van der Waals surface area contributed by atoms with Crippen molar-refractivity contribution in [2.75, 3.05) is 11.4 Å². The van der Waals surface area contributed by atoms with Crippen molar-refractivity contribution in [3.8, 4) is 0 Å². The number of carbonyl (C=O) groups excluding carboxylic acids is 2. The maximum Gasteiger partial charge on any atom is 0.311 e. The first-order valence-corrected chi connectivity index (χ1v) is 10.2. The molecule has 0 N–H and O–H groups in total. The van der Waals surface area contributed by atoms with Crippen LogP contribution in [0.2, 0.25) is 0 Å². The molecular formula is C20H20N4O4S. The third-order valence-corrected chi connectivity index (χ3v) is 5.86. The van der Waals surface area contributed by atoms with Crippen molar-refractivity contribution in [3.05, 3.63) is 57.0 Å².